The van der Waals surface area contributed by atoms with Crippen LogP contribution >= 0.6 is 0 Å². The van der Waals surface area contributed by atoms with Crippen molar-refractivity contribution in [2.45, 2.75) is 26.2 Å². The van der Waals surface area contributed by atoms with Crippen LogP contribution in [0.3, 0.4) is 0 Å². The van der Waals surface area contributed by atoms with E-state index >= 15 is 0 Å². The van der Waals surface area contributed by atoms with Gasteiger partial charge in [0.1, 0.15) is 5.69 Å². The van der Waals surface area contributed by atoms with Crippen LogP contribution in [0.15, 0.2) is 36.5 Å². The quantitative estimate of drug-likeness (QED) is 0.837. The minimum atomic E-state index is 0.0387. The molecule has 0 N–H and O–H groups in total. The van der Waals surface area contributed by atoms with Gasteiger partial charge in [-0.25, -0.2) is 9.97 Å². The smallest absolute Gasteiger partial charge is 0.272 e. The third-order valence-electron chi connectivity index (χ3n) is 5.43. The van der Waals surface area contributed by atoms with Crippen LogP contribution in [-0.4, -0.2) is 60.0 Å². The minimum absolute atomic E-state index is 0.0387. The number of carbonyl (C=O) groups is 1. The summed E-state index contributed by atoms with van der Waals surface area (Å²) in [6.07, 6.45) is 5.10. The molecule has 2 fully saturated rings. The number of hydrogen-bond acceptors (Lipinski definition) is 5. The van der Waals surface area contributed by atoms with Crippen LogP contribution in [0.5, 0.6) is 0 Å². The first-order valence-electron chi connectivity index (χ1n) is 9.89. The minimum Gasteiger partial charge on any atom is -0.368 e. The molecule has 0 unspecified atom stereocenters. The van der Waals surface area contributed by atoms with Crippen LogP contribution in [0.4, 0.5) is 11.6 Å². The number of hydrogen-bond donors (Lipinski definition) is 0. The van der Waals surface area contributed by atoms with Crippen LogP contribution in [-0.2, 0) is 0 Å². The lowest BCUT2D eigenvalue weighted by molar-refractivity contribution is 0.0718. The molecule has 0 radical (unpaired) electrons. The molecule has 1 aromatic carbocycles. The summed E-state index contributed by atoms with van der Waals surface area (Å²) in [6, 6.07) is 10.4. The van der Waals surface area contributed by atoms with Gasteiger partial charge in [-0.2, -0.15) is 0 Å². The highest BCUT2D eigenvalue weighted by Gasteiger charge is 2.23. The van der Waals surface area contributed by atoms with Crippen molar-refractivity contribution in [2.24, 2.45) is 0 Å². The largest absolute Gasteiger partial charge is 0.368 e. The van der Waals surface area contributed by atoms with E-state index in [4.69, 9.17) is 0 Å². The topological polar surface area (TPSA) is 52.6 Å². The van der Waals surface area contributed by atoms with E-state index in [0.29, 0.717) is 11.6 Å². The van der Waals surface area contributed by atoms with E-state index in [2.05, 4.69) is 51.0 Å². The number of piperazine rings is 1. The molecule has 1 amide bonds. The summed E-state index contributed by atoms with van der Waals surface area (Å²) in [5.41, 5.74) is 3.06. The average molecular weight is 365 g/mol. The summed E-state index contributed by atoms with van der Waals surface area (Å²) in [5, 5.41) is 0. The summed E-state index contributed by atoms with van der Waals surface area (Å²) in [7, 11) is 0. The van der Waals surface area contributed by atoms with Crippen LogP contribution in [0, 0.1) is 6.92 Å². The van der Waals surface area contributed by atoms with Gasteiger partial charge < -0.3 is 14.7 Å². The van der Waals surface area contributed by atoms with E-state index in [9.17, 15) is 4.79 Å². The third-order valence-corrected chi connectivity index (χ3v) is 5.43. The molecule has 6 nitrogen and oxygen atoms in total. The van der Waals surface area contributed by atoms with Gasteiger partial charge in [0, 0.05) is 51.2 Å². The van der Waals surface area contributed by atoms with E-state index in [1.54, 1.807) is 12.3 Å². The summed E-state index contributed by atoms with van der Waals surface area (Å²) in [4.78, 5) is 28.2. The zero-order valence-corrected chi connectivity index (χ0v) is 16.0. The van der Waals surface area contributed by atoms with Crippen molar-refractivity contribution in [3.05, 3.63) is 47.8 Å². The van der Waals surface area contributed by atoms with Gasteiger partial charge in [0.25, 0.3) is 5.91 Å². The zero-order chi connectivity index (χ0) is 18.6. The number of piperidine rings is 1. The molecule has 0 aliphatic carbocycles. The Morgan fingerprint density at radius 2 is 1.67 bits per heavy atom. The van der Waals surface area contributed by atoms with Gasteiger partial charge in [0.2, 0.25) is 5.95 Å². The molecule has 0 bridgehead atoms. The van der Waals surface area contributed by atoms with E-state index in [-0.39, 0.29) is 5.91 Å². The molecule has 2 aliphatic rings. The number of benzene rings is 1. The van der Waals surface area contributed by atoms with Crippen molar-refractivity contribution in [1.29, 1.82) is 0 Å². The molecule has 142 valence electrons. The Morgan fingerprint density at radius 1 is 0.926 bits per heavy atom. The van der Waals surface area contributed by atoms with Crippen LogP contribution in [0.2, 0.25) is 0 Å². The second-order valence-electron chi connectivity index (χ2n) is 7.41. The Bertz CT molecular complexity index is 795. The predicted octanol–water partition coefficient (Wildman–Crippen LogP) is 2.74. The molecule has 4 rings (SSSR count). The van der Waals surface area contributed by atoms with Gasteiger partial charge in [0.15, 0.2) is 0 Å². The van der Waals surface area contributed by atoms with Crippen LogP contribution < -0.4 is 9.80 Å². The number of amides is 1. The molecule has 1 aromatic heterocycles. The van der Waals surface area contributed by atoms with Crippen molar-refractivity contribution >= 4 is 17.5 Å². The molecule has 6 heteroatoms. The molecule has 0 spiro atoms. The summed E-state index contributed by atoms with van der Waals surface area (Å²) >= 11 is 0. The Morgan fingerprint density at radius 3 is 2.41 bits per heavy atom. The second kappa shape index (κ2) is 7.94. The third kappa shape index (κ3) is 4.04. The number of likely N-dealkylation sites (tertiary alicyclic amines) is 1. The highest BCUT2D eigenvalue weighted by molar-refractivity contribution is 5.92. The maximum absolute atomic E-state index is 12.7. The first-order valence-corrected chi connectivity index (χ1v) is 9.89. The van der Waals surface area contributed by atoms with Gasteiger partial charge in [-0.05, 0) is 49.9 Å². The number of aromatic nitrogens is 2. The molecule has 2 aliphatic heterocycles. The normalized spacial score (nSPS) is 17.9. The zero-order valence-electron chi connectivity index (χ0n) is 16.0. The highest BCUT2D eigenvalue weighted by Crippen LogP contribution is 2.20. The maximum Gasteiger partial charge on any atom is 0.272 e. The number of aryl methyl sites for hydroxylation is 1. The first kappa shape index (κ1) is 17.8. The molecule has 0 atom stereocenters. The van der Waals surface area contributed by atoms with Crippen LogP contribution in [0.25, 0.3) is 0 Å². The lowest BCUT2D eigenvalue weighted by Gasteiger charge is -2.36. The Kier molecular flexibility index (Phi) is 5.23. The van der Waals surface area contributed by atoms with E-state index in [0.717, 1.165) is 52.1 Å². The fourth-order valence-electron chi connectivity index (χ4n) is 3.87. The van der Waals surface area contributed by atoms with Gasteiger partial charge in [-0.1, -0.05) is 12.1 Å². The number of nitrogens with zero attached hydrogens (tertiary/aromatic N) is 5. The fourth-order valence-corrected chi connectivity index (χ4v) is 3.87. The van der Waals surface area contributed by atoms with Crippen LogP contribution in [0.1, 0.15) is 35.3 Å². The molecule has 2 saturated heterocycles. The maximum atomic E-state index is 12.7. The van der Waals surface area contributed by atoms with Gasteiger partial charge in [-0.15, -0.1) is 0 Å². The van der Waals surface area contributed by atoms with Crippen molar-refractivity contribution < 1.29 is 4.79 Å². The monoisotopic (exact) mass is 365 g/mol. The van der Waals surface area contributed by atoms with E-state index in [1.807, 2.05) is 4.90 Å². The van der Waals surface area contributed by atoms with Crippen molar-refractivity contribution in [3.8, 4) is 0 Å². The second-order valence-corrected chi connectivity index (χ2v) is 7.41. The van der Waals surface area contributed by atoms with Gasteiger partial charge in [-0.3, -0.25) is 4.79 Å². The lowest BCUT2D eigenvalue weighted by Crippen LogP contribution is -2.47. The first-order chi connectivity index (χ1) is 13.2. The standard InChI is InChI=1S/C21H27N5O/c1-17-6-5-7-18(16-17)24-12-14-26(15-13-24)21-22-9-8-19(23-21)20(27)25-10-3-2-4-11-25/h5-9,16H,2-4,10-15H2,1H3. The Labute approximate surface area is 160 Å². The molecular formula is C21H27N5O. The van der Waals surface area contributed by atoms with E-state index in [1.165, 1.54) is 17.7 Å². The summed E-state index contributed by atoms with van der Waals surface area (Å²) < 4.78 is 0. The predicted molar refractivity (Wildman–Crippen MR) is 107 cm³/mol. The SMILES string of the molecule is Cc1cccc(N2CCN(c3nccc(C(=O)N4CCCCC4)n3)CC2)c1. The molecule has 3 heterocycles. The molecular weight excluding hydrogens is 338 g/mol. The Balaban J connectivity index is 1.42. The number of rotatable bonds is 3. The average Bonchev–Trinajstić information content (AvgIpc) is 2.74. The Hall–Kier alpha value is -2.63. The summed E-state index contributed by atoms with van der Waals surface area (Å²) in [5.74, 6) is 0.707. The van der Waals surface area contributed by atoms with Crippen molar-refractivity contribution in [2.75, 3.05) is 49.1 Å². The van der Waals surface area contributed by atoms with Crippen molar-refractivity contribution in [3.63, 3.8) is 0 Å². The van der Waals surface area contributed by atoms with Gasteiger partial charge in [0.05, 0.1) is 0 Å². The highest BCUT2D eigenvalue weighted by atomic mass is 16.2. The van der Waals surface area contributed by atoms with E-state index < -0.39 is 0 Å². The van der Waals surface area contributed by atoms with Gasteiger partial charge >= 0.3 is 0 Å². The van der Waals surface area contributed by atoms with Crippen molar-refractivity contribution in [1.82, 2.24) is 14.9 Å². The lowest BCUT2D eigenvalue weighted by atomic mass is 10.1. The molecule has 2 aromatic rings. The number of carbonyl (C=O) groups excluding carboxylic acids is 1. The number of anilines is 2. The fraction of sp³-hybridized carbons (Fsp3) is 0.476. The molecule has 0 saturated carbocycles. The molecule has 27 heavy (non-hydrogen) atoms. The summed E-state index contributed by atoms with van der Waals surface area (Å²) in [6.45, 7) is 7.37.